The van der Waals surface area contributed by atoms with Gasteiger partial charge >= 0.3 is 0 Å². The van der Waals surface area contributed by atoms with Crippen LogP contribution in [0, 0.1) is 0 Å². The van der Waals surface area contributed by atoms with Crippen LogP contribution in [-0.2, 0) is 14.4 Å². The highest BCUT2D eigenvalue weighted by Gasteiger charge is 2.16. The second kappa shape index (κ2) is 8.77. The van der Waals surface area contributed by atoms with Gasteiger partial charge in [0.1, 0.15) is 11.6 Å². The van der Waals surface area contributed by atoms with E-state index in [4.69, 9.17) is 0 Å². The van der Waals surface area contributed by atoms with E-state index in [1.54, 1.807) is 14.1 Å². The highest BCUT2D eigenvalue weighted by molar-refractivity contribution is 5.88. The van der Waals surface area contributed by atoms with Crippen molar-refractivity contribution >= 4 is 17.5 Å². The lowest BCUT2D eigenvalue weighted by molar-refractivity contribution is -0.126. The molecular weight excluding hydrogens is 234 g/mol. The molecule has 0 spiro atoms. The summed E-state index contributed by atoms with van der Waals surface area (Å²) in [7, 11) is 3.35. The van der Waals surface area contributed by atoms with Crippen LogP contribution in [0.25, 0.3) is 0 Å². The summed E-state index contributed by atoms with van der Waals surface area (Å²) >= 11 is 0. The average Bonchev–Trinajstić information content (AvgIpc) is 2.30. The van der Waals surface area contributed by atoms with Gasteiger partial charge in [-0.1, -0.05) is 0 Å². The second-order valence-corrected chi connectivity index (χ2v) is 4.25. The summed E-state index contributed by atoms with van der Waals surface area (Å²) in [6.07, 6.45) is 0.665. The molecule has 3 N–H and O–H groups in total. The number of Topliss-reactive ketones (excluding diaryl/α,β-unsaturated/α-hetero) is 2. The number of nitrogens with one attached hydrogen (secondary N) is 3. The quantitative estimate of drug-likeness (QED) is 0.505. The molecule has 0 aromatic heterocycles. The van der Waals surface area contributed by atoms with Crippen LogP contribution in [0.3, 0.4) is 0 Å². The molecule has 18 heavy (non-hydrogen) atoms. The minimum Gasteiger partial charge on any atom is -0.356 e. The van der Waals surface area contributed by atoms with Gasteiger partial charge in [0, 0.05) is 13.0 Å². The van der Waals surface area contributed by atoms with Crippen LogP contribution < -0.4 is 16.0 Å². The smallest absolute Gasteiger partial charge is 0.222 e. The predicted molar refractivity (Wildman–Crippen MR) is 69.3 cm³/mol. The Balaban J connectivity index is 3.97. The summed E-state index contributed by atoms with van der Waals surface area (Å²) in [6.45, 7) is 3.37. The van der Waals surface area contributed by atoms with Crippen LogP contribution in [-0.4, -0.2) is 50.2 Å². The van der Waals surface area contributed by atoms with E-state index >= 15 is 0 Å². The Bertz CT molecular complexity index is 305. The molecule has 104 valence electrons. The summed E-state index contributed by atoms with van der Waals surface area (Å²) in [5.41, 5.74) is 0. The summed E-state index contributed by atoms with van der Waals surface area (Å²) in [5, 5.41) is 8.36. The lowest BCUT2D eigenvalue weighted by atomic mass is 10.1. The normalized spacial score (nSPS) is 13.8. The Morgan fingerprint density at radius 3 is 1.83 bits per heavy atom. The summed E-state index contributed by atoms with van der Waals surface area (Å²) in [6, 6.07) is -0.684. The molecule has 0 radical (unpaired) electrons. The average molecular weight is 257 g/mol. The van der Waals surface area contributed by atoms with Gasteiger partial charge in [-0.25, -0.2) is 0 Å². The van der Waals surface area contributed by atoms with E-state index in [2.05, 4.69) is 16.0 Å². The van der Waals surface area contributed by atoms with Gasteiger partial charge < -0.3 is 16.0 Å². The fourth-order valence-corrected chi connectivity index (χ4v) is 1.61. The molecule has 6 heteroatoms. The number of likely N-dealkylation sites (N-methyl/N-ethyl adjacent to an activating group) is 2. The minimum atomic E-state index is -0.446. The molecule has 6 nitrogen and oxygen atoms in total. The molecule has 0 aliphatic heterocycles. The van der Waals surface area contributed by atoms with Crippen LogP contribution in [0.15, 0.2) is 0 Å². The molecule has 1 amide bonds. The van der Waals surface area contributed by atoms with E-state index in [1.807, 2.05) is 0 Å². The van der Waals surface area contributed by atoms with Gasteiger partial charge in [-0.05, 0) is 34.4 Å². The maximum absolute atomic E-state index is 11.5. The second-order valence-electron chi connectivity index (χ2n) is 4.25. The SMILES string of the molecule is CN[C@@H](CCNC(=O)C[C@H](NC)C(C)=O)C(C)=O. The van der Waals surface area contributed by atoms with Crippen molar-refractivity contribution < 1.29 is 14.4 Å². The van der Waals surface area contributed by atoms with Crippen molar-refractivity contribution in [3.05, 3.63) is 0 Å². The number of carbonyl (C=O) groups is 3. The van der Waals surface area contributed by atoms with Crippen molar-refractivity contribution in [2.24, 2.45) is 0 Å². The van der Waals surface area contributed by atoms with Gasteiger partial charge in [0.2, 0.25) is 5.91 Å². The van der Waals surface area contributed by atoms with Crippen molar-refractivity contribution in [2.75, 3.05) is 20.6 Å². The Morgan fingerprint density at radius 2 is 1.44 bits per heavy atom. The van der Waals surface area contributed by atoms with Crippen molar-refractivity contribution in [3.8, 4) is 0 Å². The Morgan fingerprint density at radius 1 is 0.944 bits per heavy atom. The number of amides is 1. The predicted octanol–water partition coefficient (Wildman–Crippen LogP) is -0.763. The number of carbonyl (C=O) groups excluding carboxylic acids is 3. The van der Waals surface area contributed by atoms with E-state index in [0.29, 0.717) is 13.0 Å². The van der Waals surface area contributed by atoms with E-state index in [0.717, 1.165) is 0 Å². The zero-order valence-corrected chi connectivity index (χ0v) is 11.5. The molecule has 0 aliphatic carbocycles. The highest BCUT2D eigenvalue weighted by Crippen LogP contribution is 1.95. The molecule has 0 rings (SSSR count). The maximum atomic E-state index is 11.5. The maximum Gasteiger partial charge on any atom is 0.222 e. The molecule has 0 aliphatic rings. The molecule has 0 bridgehead atoms. The molecule has 0 aromatic carbocycles. The van der Waals surface area contributed by atoms with Crippen LogP contribution in [0.2, 0.25) is 0 Å². The minimum absolute atomic E-state index is 0.0450. The Kier molecular flexibility index (Phi) is 8.15. The largest absolute Gasteiger partial charge is 0.356 e. The molecular formula is C12H23N3O3. The number of rotatable bonds is 9. The fraction of sp³-hybridized carbons (Fsp3) is 0.750. The summed E-state index contributed by atoms with van der Waals surface area (Å²) < 4.78 is 0. The van der Waals surface area contributed by atoms with Crippen LogP contribution in [0.1, 0.15) is 26.7 Å². The van der Waals surface area contributed by atoms with Gasteiger partial charge in [0.15, 0.2) is 0 Å². The van der Waals surface area contributed by atoms with Crippen LogP contribution in [0.4, 0.5) is 0 Å². The standard InChI is InChI=1S/C12H23N3O3/c1-8(16)10(13-3)5-6-15-12(18)7-11(14-4)9(2)17/h10-11,13-14H,5-7H2,1-4H3,(H,15,18)/t10-,11-/m0/s1. The topological polar surface area (TPSA) is 87.3 Å². The zero-order valence-electron chi connectivity index (χ0n) is 11.5. The number of hydrogen-bond acceptors (Lipinski definition) is 5. The first kappa shape index (κ1) is 16.7. The first-order valence-corrected chi connectivity index (χ1v) is 6.04. The summed E-state index contributed by atoms with van der Waals surface area (Å²) in [5.74, 6) is -0.212. The monoisotopic (exact) mass is 257 g/mol. The third kappa shape index (κ3) is 6.46. The third-order valence-electron chi connectivity index (χ3n) is 2.82. The molecule has 0 heterocycles. The molecule has 0 aromatic rings. The lowest BCUT2D eigenvalue weighted by Gasteiger charge is -2.15. The van der Waals surface area contributed by atoms with Gasteiger partial charge in [-0.15, -0.1) is 0 Å². The van der Waals surface area contributed by atoms with E-state index in [9.17, 15) is 14.4 Å². The van der Waals surface area contributed by atoms with E-state index in [1.165, 1.54) is 13.8 Å². The van der Waals surface area contributed by atoms with Crippen LogP contribution >= 0.6 is 0 Å². The number of hydrogen-bond donors (Lipinski definition) is 3. The van der Waals surface area contributed by atoms with Gasteiger partial charge in [-0.3, -0.25) is 14.4 Å². The van der Waals surface area contributed by atoms with Gasteiger partial charge in [0.05, 0.1) is 12.1 Å². The number of ketones is 2. The summed E-state index contributed by atoms with van der Waals surface area (Å²) in [4.78, 5) is 33.8. The molecule has 0 fully saturated rings. The van der Waals surface area contributed by atoms with Crippen molar-refractivity contribution in [2.45, 2.75) is 38.8 Å². The van der Waals surface area contributed by atoms with E-state index in [-0.39, 0.29) is 29.9 Å². The van der Waals surface area contributed by atoms with Crippen LogP contribution in [0.5, 0.6) is 0 Å². The first-order chi connectivity index (χ1) is 8.42. The molecule has 0 saturated carbocycles. The Labute approximate surface area is 108 Å². The molecule has 2 atom stereocenters. The first-order valence-electron chi connectivity index (χ1n) is 6.04. The zero-order chi connectivity index (χ0) is 14.1. The van der Waals surface area contributed by atoms with Gasteiger partial charge in [0.25, 0.3) is 0 Å². The molecule has 0 saturated heterocycles. The van der Waals surface area contributed by atoms with Crippen molar-refractivity contribution in [1.29, 1.82) is 0 Å². The fourth-order valence-electron chi connectivity index (χ4n) is 1.61. The Hall–Kier alpha value is -1.27. The third-order valence-corrected chi connectivity index (χ3v) is 2.82. The highest BCUT2D eigenvalue weighted by atomic mass is 16.2. The van der Waals surface area contributed by atoms with E-state index < -0.39 is 6.04 Å². The molecule has 0 unspecified atom stereocenters. The van der Waals surface area contributed by atoms with Gasteiger partial charge in [-0.2, -0.15) is 0 Å². The lowest BCUT2D eigenvalue weighted by Crippen LogP contribution is -2.40. The van der Waals surface area contributed by atoms with Crippen molar-refractivity contribution in [1.82, 2.24) is 16.0 Å². The van der Waals surface area contributed by atoms with Crippen molar-refractivity contribution in [3.63, 3.8) is 0 Å².